The molecule has 0 unspecified atom stereocenters. The van der Waals surface area contributed by atoms with Crippen LogP contribution < -0.4 is 54.4 Å². The molecule has 2 aromatic carbocycles. The van der Waals surface area contributed by atoms with Gasteiger partial charge in [-0.3, -0.25) is 43.3 Å². The highest BCUT2D eigenvalue weighted by atomic mass is 33.1. The lowest BCUT2D eigenvalue weighted by Gasteiger charge is -2.32. The van der Waals surface area contributed by atoms with Crippen LogP contribution in [0.5, 0.6) is 0 Å². The van der Waals surface area contributed by atoms with E-state index in [4.69, 9.17) is 17.2 Å². The van der Waals surface area contributed by atoms with Crippen molar-refractivity contribution in [2.75, 3.05) is 18.1 Å². The van der Waals surface area contributed by atoms with Crippen molar-refractivity contribution in [3.05, 3.63) is 90.1 Å². The molecule has 4 aromatic rings. The third-order valence-corrected chi connectivity index (χ3v) is 15.7. The summed E-state index contributed by atoms with van der Waals surface area (Å²) >= 11 is 0. The molecule has 1 aliphatic carbocycles. The smallest absolute Gasteiger partial charge is 0.325 e. The second-order valence-electron chi connectivity index (χ2n) is 18.8. The fraction of sp³-hybridized carbons (Fsp3) is 0.449. The fourth-order valence-corrected chi connectivity index (χ4v) is 11.6. The number of hydrogen-bond donors (Lipinski definition) is 12. The summed E-state index contributed by atoms with van der Waals surface area (Å²) in [6.07, 6.45) is 7.28. The molecule has 7 atom stereocenters. The molecule has 0 bridgehead atoms. The lowest BCUT2D eigenvalue weighted by molar-refractivity contribution is -0.139. The van der Waals surface area contributed by atoms with Crippen molar-refractivity contribution >= 4 is 91.7 Å². The van der Waals surface area contributed by atoms with E-state index in [-0.39, 0.29) is 56.1 Å². The Balaban J connectivity index is 1.25. The Morgan fingerprint density at radius 3 is 2.03 bits per heavy atom. The number of aromatic nitrogens is 3. The second kappa shape index (κ2) is 25.6. The van der Waals surface area contributed by atoms with Gasteiger partial charge in [-0.25, -0.2) is 14.7 Å². The molecule has 1 saturated carbocycles. The van der Waals surface area contributed by atoms with Crippen molar-refractivity contribution in [1.29, 1.82) is 0 Å². The van der Waals surface area contributed by atoms with E-state index in [1.54, 1.807) is 36.5 Å². The Morgan fingerprint density at radius 1 is 0.707 bits per heavy atom. The van der Waals surface area contributed by atoms with Crippen LogP contribution in [-0.2, 0) is 57.6 Å². The van der Waals surface area contributed by atoms with Gasteiger partial charge < -0.3 is 64.4 Å². The number of nitrogens with two attached hydrogens (primary N) is 3. The molecule has 2 aliphatic heterocycles. The molecule has 3 fully saturated rings. The number of amides is 10. The number of benzene rings is 2. The van der Waals surface area contributed by atoms with Crippen molar-refractivity contribution in [3.8, 4) is 0 Å². The Labute approximate surface area is 439 Å². The molecule has 400 valence electrons. The SMILES string of the molecule is C[C@H]1NC(=O)[C@@H](N2C(=O)NC3(CCCCC3)C2=O)CSSC[C@@H](C(N)=O)NC(=O)[C@H](Cc2c[nH]c3ccccc23)NC(=O)[C@H](CCCN=C(N)N)NC(=O)[C@@H](Cc2ccccc2)NC(=O)[C@H](Cc2cnc[nH]2)NC1=O. The number of carbonyl (C=O) groups excluding carboxylic acids is 9. The molecule has 26 heteroatoms. The molecule has 75 heavy (non-hydrogen) atoms. The first kappa shape index (κ1) is 55.1. The number of guanidine groups is 1. The predicted molar refractivity (Wildman–Crippen MR) is 281 cm³/mol. The van der Waals surface area contributed by atoms with Gasteiger partial charge in [0.05, 0.1) is 6.33 Å². The number of nitrogens with zero attached hydrogens (tertiary/aromatic N) is 3. The van der Waals surface area contributed by atoms with Crippen LogP contribution >= 0.6 is 21.6 Å². The number of H-pyrrole nitrogens is 2. The Hall–Kier alpha value is -7.61. The van der Waals surface area contributed by atoms with Gasteiger partial charge in [-0.2, -0.15) is 0 Å². The number of primary amides is 1. The number of aliphatic imine (C=N–C) groups is 1. The highest BCUT2D eigenvalue weighted by Gasteiger charge is 2.54. The van der Waals surface area contributed by atoms with E-state index < -0.39 is 101 Å². The topological polar surface area (TPSA) is 376 Å². The maximum Gasteiger partial charge on any atom is 0.325 e. The predicted octanol–water partition coefficient (Wildman–Crippen LogP) is -0.595. The Morgan fingerprint density at radius 2 is 1.33 bits per heavy atom. The molecule has 0 radical (unpaired) electrons. The molecular formula is C49H63N15O9S2. The van der Waals surface area contributed by atoms with Gasteiger partial charge in [0.25, 0.3) is 5.91 Å². The summed E-state index contributed by atoms with van der Waals surface area (Å²) in [6, 6.07) is 5.61. The van der Waals surface area contributed by atoms with E-state index >= 15 is 0 Å². The van der Waals surface area contributed by atoms with E-state index in [1.807, 2.05) is 24.3 Å². The van der Waals surface area contributed by atoms with Crippen molar-refractivity contribution in [1.82, 2.24) is 57.1 Å². The monoisotopic (exact) mass is 1070 g/mol. The second-order valence-corrected chi connectivity index (χ2v) is 21.3. The number of fused-ring (bicyclic) bond motifs is 1. The van der Waals surface area contributed by atoms with Crippen molar-refractivity contribution in [2.24, 2.45) is 22.2 Å². The summed E-state index contributed by atoms with van der Waals surface area (Å²) < 4.78 is 0. The molecule has 7 rings (SSSR count). The molecule has 2 saturated heterocycles. The van der Waals surface area contributed by atoms with E-state index in [0.717, 1.165) is 43.8 Å². The summed E-state index contributed by atoms with van der Waals surface area (Å²) in [6.45, 7) is 1.43. The van der Waals surface area contributed by atoms with E-state index in [2.05, 4.69) is 57.2 Å². The van der Waals surface area contributed by atoms with Crippen LogP contribution in [0, 0.1) is 0 Å². The first-order valence-corrected chi connectivity index (χ1v) is 27.1. The lowest BCUT2D eigenvalue weighted by Crippen LogP contribution is -2.60. The first-order chi connectivity index (χ1) is 36.0. The number of imidazole rings is 1. The van der Waals surface area contributed by atoms with Gasteiger partial charge in [-0.15, -0.1) is 0 Å². The molecule has 4 heterocycles. The van der Waals surface area contributed by atoms with Gasteiger partial charge in [0.1, 0.15) is 47.8 Å². The van der Waals surface area contributed by atoms with Crippen molar-refractivity contribution < 1.29 is 43.2 Å². The minimum absolute atomic E-state index is 0.0473. The van der Waals surface area contributed by atoms with Gasteiger partial charge in [0.2, 0.25) is 41.4 Å². The molecule has 24 nitrogen and oxygen atoms in total. The minimum atomic E-state index is -1.47. The van der Waals surface area contributed by atoms with E-state index in [9.17, 15) is 43.2 Å². The van der Waals surface area contributed by atoms with Crippen molar-refractivity contribution in [2.45, 2.75) is 119 Å². The quantitative estimate of drug-likeness (QED) is 0.0278. The first-order valence-electron chi connectivity index (χ1n) is 24.6. The average molecular weight is 1070 g/mol. The number of nitrogens with one attached hydrogen (secondary N) is 9. The zero-order valence-corrected chi connectivity index (χ0v) is 42.9. The molecule has 1 spiro atoms. The summed E-state index contributed by atoms with van der Waals surface area (Å²) in [4.78, 5) is 143. The summed E-state index contributed by atoms with van der Waals surface area (Å²) in [5, 5.41) is 19.9. The Bertz CT molecular complexity index is 2750. The maximum absolute atomic E-state index is 14.6. The zero-order chi connectivity index (χ0) is 53.6. The summed E-state index contributed by atoms with van der Waals surface area (Å²) in [5.41, 5.74) is 18.3. The Kier molecular flexibility index (Phi) is 18.8. The maximum atomic E-state index is 14.6. The van der Waals surface area contributed by atoms with Crippen molar-refractivity contribution in [3.63, 3.8) is 0 Å². The lowest BCUT2D eigenvalue weighted by atomic mass is 9.81. The standard InChI is InChI=1S/C49H63N15O9S2/c1-27-40(66)59-36(21-30-23-53-26-56-30)44(70)60-34(19-28-11-4-2-5-12-28)42(68)58-33(15-10-18-54-47(51)52)41(67)61-35(20-29-22-55-32-14-7-6-13-31(29)32)43(69)62-37(39(50)65)24-74-75-25-38(45(71)57-27)64-46(72)49(63-48(64)73)16-8-3-9-17-49/h2,4-7,11-14,22-23,26-27,33-38,55H,3,8-10,15-21,24-25H2,1H3,(H2,50,65)(H,53,56)(H,57,71)(H,58,68)(H,59,66)(H,60,70)(H,61,67)(H,62,69)(H,63,73)(H4,51,52,54)/t27-,33+,34-,35+,36+,37+,38+/m1/s1. The summed E-state index contributed by atoms with van der Waals surface area (Å²) in [7, 11) is 2.04. The number of aromatic amines is 2. The molecule has 10 amide bonds. The van der Waals surface area contributed by atoms with Crippen LogP contribution in [0.4, 0.5) is 4.79 Å². The van der Waals surface area contributed by atoms with Crippen LogP contribution in [-0.4, -0.2) is 145 Å². The van der Waals surface area contributed by atoms with Gasteiger partial charge >= 0.3 is 6.03 Å². The van der Waals surface area contributed by atoms with Crippen LogP contribution in [0.25, 0.3) is 10.9 Å². The van der Waals surface area contributed by atoms with Gasteiger partial charge in [-0.05, 0) is 49.8 Å². The number of para-hydroxylation sites is 1. The third-order valence-electron chi connectivity index (χ3n) is 13.3. The zero-order valence-electron chi connectivity index (χ0n) is 41.2. The highest BCUT2D eigenvalue weighted by Crippen LogP contribution is 2.36. The van der Waals surface area contributed by atoms with Crippen LogP contribution in [0.3, 0.4) is 0 Å². The van der Waals surface area contributed by atoms with Crippen LogP contribution in [0.2, 0.25) is 0 Å². The number of imide groups is 1. The normalized spacial score (nSPS) is 24.8. The largest absolute Gasteiger partial charge is 0.370 e. The number of hydrogen-bond acceptors (Lipinski definition) is 13. The minimum Gasteiger partial charge on any atom is -0.370 e. The summed E-state index contributed by atoms with van der Waals surface area (Å²) in [5.74, 6) is -7.00. The van der Waals surface area contributed by atoms with E-state index in [1.165, 1.54) is 19.4 Å². The number of carbonyl (C=O) groups is 9. The molecule has 3 aliphatic rings. The van der Waals surface area contributed by atoms with Crippen LogP contribution in [0.1, 0.15) is 68.7 Å². The molecular weight excluding hydrogens is 1010 g/mol. The average Bonchev–Trinajstić information content (AvgIpc) is 4.12. The molecule has 2 aromatic heterocycles. The fourth-order valence-electron chi connectivity index (χ4n) is 9.26. The van der Waals surface area contributed by atoms with Gasteiger partial charge in [-0.1, -0.05) is 89.4 Å². The van der Waals surface area contributed by atoms with Gasteiger partial charge in [0, 0.05) is 66.3 Å². The van der Waals surface area contributed by atoms with Crippen LogP contribution in [0.15, 0.2) is 78.3 Å². The third kappa shape index (κ3) is 14.4. The van der Waals surface area contributed by atoms with Gasteiger partial charge in [0.15, 0.2) is 5.96 Å². The highest BCUT2D eigenvalue weighted by molar-refractivity contribution is 8.76. The number of urea groups is 1. The molecule has 15 N–H and O–H groups in total. The van der Waals surface area contributed by atoms with E-state index in [0.29, 0.717) is 42.5 Å². The number of rotatable bonds is 12.